The number of para-hydroxylation sites is 4. The third-order valence-corrected chi connectivity index (χ3v) is 10.9. The fourth-order valence-electron chi connectivity index (χ4n) is 7.86. The Morgan fingerprint density at radius 1 is 0.339 bits per heavy atom. The molecule has 0 saturated heterocycles. The summed E-state index contributed by atoms with van der Waals surface area (Å²) in [6.45, 7) is 8.26. The van der Waals surface area contributed by atoms with Crippen LogP contribution in [0.1, 0.15) is 148 Å². The van der Waals surface area contributed by atoms with Crippen molar-refractivity contribution < 1.29 is 18.9 Å². The van der Waals surface area contributed by atoms with Crippen LogP contribution in [0, 0.1) is 0 Å². The molecule has 0 radical (unpaired) electrons. The van der Waals surface area contributed by atoms with Crippen LogP contribution in [0.5, 0.6) is 23.0 Å². The Hall–Kier alpha value is -4.00. The molecule has 0 spiro atoms. The van der Waals surface area contributed by atoms with Crippen molar-refractivity contribution in [1.29, 1.82) is 0 Å². The second-order valence-electron chi connectivity index (χ2n) is 15.5. The van der Waals surface area contributed by atoms with E-state index in [1.54, 1.807) is 0 Å². The van der Waals surface area contributed by atoms with Crippen molar-refractivity contribution in [3.63, 3.8) is 0 Å². The maximum absolute atomic E-state index is 6.83. The summed E-state index contributed by atoms with van der Waals surface area (Å²) >= 11 is 0. The summed E-state index contributed by atoms with van der Waals surface area (Å²) in [4.78, 5) is 0. The van der Waals surface area contributed by atoms with Crippen LogP contribution in [-0.2, 0) is 25.7 Å². The lowest BCUT2D eigenvalue weighted by Crippen LogP contribution is -2.12. The number of benzene rings is 4. The lowest BCUT2D eigenvalue weighted by molar-refractivity contribution is 0.295. The topological polar surface area (TPSA) is 89.0 Å². The standard InChI is InChI=1S/C50H70N2O4/c1-3-5-7-9-11-13-31-53-47-39-21-15-22-40(47)36-44-26-18-28-46(50(44)56-34-20-30-52)38-42-24-16-23-41(48(42)54-32-14-12-10-8-6-4-2)37-45-27-17-25-43(35-39)49(45)55-33-19-29-51/h15-18,21-28H,3-14,19-20,29-38,51-52H2,1-2H3. The minimum absolute atomic E-state index is 0.574. The van der Waals surface area contributed by atoms with Gasteiger partial charge in [0.25, 0.3) is 0 Å². The number of rotatable bonds is 24. The average molecular weight is 763 g/mol. The van der Waals surface area contributed by atoms with E-state index >= 15 is 0 Å². The average Bonchev–Trinajstić information content (AvgIpc) is 3.20. The van der Waals surface area contributed by atoms with Crippen molar-refractivity contribution in [2.45, 2.75) is 129 Å². The molecule has 1 aliphatic rings. The molecule has 4 aromatic carbocycles. The molecule has 0 amide bonds. The van der Waals surface area contributed by atoms with Gasteiger partial charge in [0, 0.05) is 25.7 Å². The van der Waals surface area contributed by atoms with Gasteiger partial charge in [0.1, 0.15) is 23.0 Å². The predicted molar refractivity (Wildman–Crippen MR) is 233 cm³/mol. The second-order valence-corrected chi connectivity index (χ2v) is 15.5. The molecular weight excluding hydrogens is 693 g/mol. The largest absolute Gasteiger partial charge is 0.493 e. The molecule has 0 heterocycles. The van der Waals surface area contributed by atoms with Gasteiger partial charge in [-0.2, -0.15) is 0 Å². The maximum Gasteiger partial charge on any atom is 0.126 e. The van der Waals surface area contributed by atoms with Crippen LogP contribution in [-0.4, -0.2) is 39.5 Å². The third-order valence-electron chi connectivity index (χ3n) is 10.9. The zero-order valence-corrected chi connectivity index (χ0v) is 34.7. The lowest BCUT2D eigenvalue weighted by Gasteiger charge is -2.23. The Bertz CT molecular complexity index is 1520. The molecule has 0 atom stereocenters. The van der Waals surface area contributed by atoms with E-state index in [0.717, 1.165) is 70.9 Å². The van der Waals surface area contributed by atoms with E-state index in [-0.39, 0.29) is 0 Å². The molecular formula is C50H70N2O4. The van der Waals surface area contributed by atoms with Crippen LogP contribution in [0.2, 0.25) is 0 Å². The summed E-state index contributed by atoms with van der Waals surface area (Å²) in [6, 6.07) is 26.5. The van der Waals surface area contributed by atoms with Crippen LogP contribution in [0.4, 0.5) is 0 Å². The molecule has 5 rings (SSSR count). The fourth-order valence-corrected chi connectivity index (χ4v) is 7.86. The minimum atomic E-state index is 0.574. The van der Waals surface area contributed by atoms with Gasteiger partial charge in [0.15, 0.2) is 0 Å². The number of unbranched alkanes of at least 4 members (excludes halogenated alkanes) is 10. The van der Waals surface area contributed by atoms with Crippen LogP contribution in [0.3, 0.4) is 0 Å². The summed E-state index contributed by atoms with van der Waals surface area (Å²) < 4.78 is 27.0. The molecule has 6 heteroatoms. The summed E-state index contributed by atoms with van der Waals surface area (Å²) in [6.07, 6.45) is 19.1. The molecule has 0 fully saturated rings. The highest BCUT2D eigenvalue weighted by molar-refractivity contribution is 5.56. The highest BCUT2D eigenvalue weighted by Crippen LogP contribution is 2.39. The van der Waals surface area contributed by atoms with E-state index in [2.05, 4.69) is 86.6 Å². The van der Waals surface area contributed by atoms with Crippen molar-refractivity contribution in [2.24, 2.45) is 11.5 Å². The Morgan fingerprint density at radius 2 is 0.571 bits per heavy atom. The molecule has 6 nitrogen and oxygen atoms in total. The molecule has 0 unspecified atom stereocenters. The van der Waals surface area contributed by atoms with Crippen molar-refractivity contribution in [1.82, 2.24) is 0 Å². The molecule has 0 aliphatic heterocycles. The van der Waals surface area contributed by atoms with Crippen molar-refractivity contribution in [3.8, 4) is 23.0 Å². The Morgan fingerprint density at radius 3 is 0.821 bits per heavy atom. The Kier molecular flexibility index (Phi) is 18.9. The molecule has 0 saturated carbocycles. The van der Waals surface area contributed by atoms with E-state index in [1.165, 1.54) is 86.5 Å². The van der Waals surface area contributed by atoms with Gasteiger partial charge in [-0.05, 0) is 83.3 Å². The van der Waals surface area contributed by atoms with Crippen molar-refractivity contribution in [2.75, 3.05) is 39.5 Å². The SMILES string of the molecule is CCCCCCCCOc1c2cccc1Cc1cccc(c1OCCCN)Cc1cccc(c1OCCCCCCCC)Cc1cccc(c1OCCCN)C2. The summed E-state index contributed by atoms with van der Waals surface area (Å²) in [5.41, 5.74) is 21.3. The van der Waals surface area contributed by atoms with Crippen LogP contribution >= 0.6 is 0 Å². The first-order valence-corrected chi connectivity index (χ1v) is 22.0. The lowest BCUT2D eigenvalue weighted by atomic mass is 9.91. The minimum Gasteiger partial charge on any atom is -0.493 e. The molecule has 8 bridgehead atoms. The van der Waals surface area contributed by atoms with Gasteiger partial charge in [-0.25, -0.2) is 0 Å². The third kappa shape index (κ3) is 13.0. The van der Waals surface area contributed by atoms with Gasteiger partial charge in [-0.15, -0.1) is 0 Å². The van der Waals surface area contributed by atoms with Gasteiger partial charge in [-0.3, -0.25) is 0 Å². The number of hydrogen-bond acceptors (Lipinski definition) is 6. The quantitative estimate of drug-likeness (QED) is 0.0609. The summed E-state index contributed by atoms with van der Waals surface area (Å²) in [7, 11) is 0. The molecule has 304 valence electrons. The van der Waals surface area contributed by atoms with Gasteiger partial charge >= 0.3 is 0 Å². The summed E-state index contributed by atoms with van der Waals surface area (Å²) in [5.74, 6) is 3.88. The van der Waals surface area contributed by atoms with E-state index in [4.69, 9.17) is 30.4 Å². The highest BCUT2D eigenvalue weighted by atomic mass is 16.5. The van der Waals surface area contributed by atoms with E-state index in [0.29, 0.717) is 65.2 Å². The zero-order valence-electron chi connectivity index (χ0n) is 34.7. The predicted octanol–water partition coefficient (Wildman–Crippen LogP) is 11.3. The maximum atomic E-state index is 6.83. The Labute approximate surface area is 338 Å². The molecule has 4 aromatic rings. The zero-order chi connectivity index (χ0) is 39.2. The monoisotopic (exact) mass is 763 g/mol. The summed E-state index contributed by atoms with van der Waals surface area (Å²) in [5, 5.41) is 0. The molecule has 4 N–H and O–H groups in total. The van der Waals surface area contributed by atoms with Crippen LogP contribution in [0.25, 0.3) is 0 Å². The molecule has 0 aromatic heterocycles. The van der Waals surface area contributed by atoms with Crippen LogP contribution < -0.4 is 30.4 Å². The molecule has 56 heavy (non-hydrogen) atoms. The second kappa shape index (κ2) is 24.6. The van der Waals surface area contributed by atoms with Gasteiger partial charge in [0.05, 0.1) is 26.4 Å². The van der Waals surface area contributed by atoms with E-state index in [1.807, 2.05) is 0 Å². The smallest absolute Gasteiger partial charge is 0.126 e. The fraction of sp³-hybridized carbons (Fsp3) is 0.520. The van der Waals surface area contributed by atoms with Gasteiger partial charge < -0.3 is 30.4 Å². The van der Waals surface area contributed by atoms with Crippen LogP contribution in [0.15, 0.2) is 72.8 Å². The number of hydrogen-bond donors (Lipinski definition) is 2. The highest BCUT2D eigenvalue weighted by Gasteiger charge is 2.22. The first-order valence-electron chi connectivity index (χ1n) is 22.0. The number of ether oxygens (including phenoxy) is 4. The van der Waals surface area contributed by atoms with Crippen molar-refractivity contribution >= 4 is 0 Å². The Balaban J connectivity index is 1.59. The molecule has 1 aliphatic carbocycles. The van der Waals surface area contributed by atoms with E-state index < -0.39 is 0 Å². The normalized spacial score (nSPS) is 12.4. The first-order chi connectivity index (χ1) is 27.7. The number of fused-ring (bicyclic) bond motifs is 8. The van der Waals surface area contributed by atoms with Crippen molar-refractivity contribution in [3.05, 3.63) is 117 Å². The van der Waals surface area contributed by atoms with E-state index in [9.17, 15) is 0 Å². The van der Waals surface area contributed by atoms with Gasteiger partial charge in [-0.1, -0.05) is 151 Å². The first kappa shape index (κ1) is 43.1. The van der Waals surface area contributed by atoms with Gasteiger partial charge in [0.2, 0.25) is 0 Å². The number of nitrogens with two attached hydrogens (primary N) is 2.